The van der Waals surface area contributed by atoms with Gasteiger partial charge in [0.1, 0.15) is 6.10 Å². The lowest BCUT2D eigenvalue weighted by Crippen LogP contribution is -2.15. The van der Waals surface area contributed by atoms with Crippen LogP contribution in [-0.4, -0.2) is 25.4 Å². The number of nitro groups is 1. The van der Waals surface area contributed by atoms with Crippen LogP contribution in [0.2, 0.25) is 0 Å². The lowest BCUT2D eigenvalue weighted by atomic mass is 10.2. The van der Waals surface area contributed by atoms with Crippen LogP contribution >= 0.6 is 10.7 Å². The standard InChI is InChI=1S/C12H12ClNO6S/c13-21(18,19)11-6-8(5-9(7-11)14(16)17)12(15)20-10-3-1-2-4-10/h5-7,10H,1-4H2. The van der Waals surface area contributed by atoms with Crippen molar-refractivity contribution in [2.24, 2.45) is 0 Å². The number of esters is 1. The molecule has 1 saturated carbocycles. The molecule has 1 aliphatic rings. The van der Waals surface area contributed by atoms with E-state index < -0.39 is 30.5 Å². The first-order chi connectivity index (χ1) is 9.77. The van der Waals surface area contributed by atoms with Crippen LogP contribution in [0, 0.1) is 10.1 Å². The van der Waals surface area contributed by atoms with Crippen molar-refractivity contribution in [1.29, 1.82) is 0 Å². The van der Waals surface area contributed by atoms with Gasteiger partial charge in [-0.3, -0.25) is 10.1 Å². The molecule has 0 spiro atoms. The molecule has 0 amide bonds. The van der Waals surface area contributed by atoms with Gasteiger partial charge in [-0.1, -0.05) is 0 Å². The van der Waals surface area contributed by atoms with E-state index >= 15 is 0 Å². The molecule has 1 aromatic carbocycles. The number of halogens is 1. The summed E-state index contributed by atoms with van der Waals surface area (Å²) >= 11 is 0. The Bertz CT molecular complexity index is 681. The molecule has 0 aromatic heterocycles. The first kappa shape index (κ1) is 15.7. The van der Waals surface area contributed by atoms with E-state index in [2.05, 4.69) is 0 Å². The molecular formula is C12H12ClNO6S. The maximum atomic E-state index is 12.0. The fourth-order valence-electron chi connectivity index (χ4n) is 2.17. The van der Waals surface area contributed by atoms with Crippen molar-refractivity contribution in [1.82, 2.24) is 0 Å². The van der Waals surface area contributed by atoms with Crippen LogP contribution < -0.4 is 0 Å². The van der Waals surface area contributed by atoms with Crippen LogP contribution in [0.1, 0.15) is 36.0 Å². The SMILES string of the molecule is O=C(OC1CCCC1)c1cc([N+](=O)[O-])cc(S(=O)(=O)Cl)c1. The fraction of sp³-hybridized carbons (Fsp3) is 0.417. The molecule has 0 atom stereocenters. The maximum absolute atomic E-state index is 12.0. The van der Waals surface area contributed by atoms with Crippen molar-refractivity contribution in [3.63, 3.8) is 0 Å². The summed E-state index contributed by atoms with van der Waals surface area (Å²) < 4.78 is 27.8. The Morgan fingerprint density at radius 3 is 2.43 bits per heavy atom. The third kappa shape index (κ3) is 3.92. The summed E-state index contributed by atoms with van der Waals surface area (Å²) in [6, 6.07) is 2.75. The molecule has 0 unspecified atom stereocenters. The third-order valence-corrected chi connectivity index (χ3v) is 4.53. The Morgan fingerprint density at radius 2 is 1.90 bits per heavy atom. The minimum absolute atomic E-state index is 0.199. The molecule has 0 N–H and O–H groups in total. The zero-order chi connectivity index (χ0) is 15.6. The highest BCUT2D eigenvalue weighted by molar-refractivity contribution is 8.13. The summed E-state index contributed by atoms with van der Waals surface area (Å²) in [6.07, 6.45) is 3.15. The topological polar surface area (TPSA) is 104 Å². The first-order valence-electron chi connectivity index (χ1n) is 6.22. The molecule has 0 bridgehead atoms. The summed E-state index contributed by atoms with van der Waals surface area (Å²) in [7, 11) is 0.998. The molecule has 21 heavy (non-hydrogen) atoms. The summed E-state index contributed by atoms with van der Waals surface area (Å²) in [6.45, 7) is 0. The average molecular weight is 334 g/mol. The summed E-state index contributed by atoms with van der Waals surface area (Å²) in [4.78, 5) is 21.5. The van der Waals surface area contributed by atoms with Crippen LogP contribution in [0.4, 0.5) is 5.69 Å². The van der Waals surface area contributed by atoms with Gasteiger partial charge in [0.15, 0.2) is 0 Å². The third-order valence-electron chi connectivity index (χ3n) is 3.20. The number of nitrogens with zero attached hydrogens (tertiary/aromatic N) is 1. The second kappa shape index (κ2) is 5.98. The molecule has 0 saturated heterocycles. The molecule has 7 nitrogen and oxygen atoms in total. The summed E-state index contributed by atoms with van der Waals surface area (Å²) in [5.74, 6) is -0.785. The van der Waals surface area contributed by atoms with E-state index in [1.54, 1.807) is 0 Å². The smallest absolute Gasteiger partial charge is 0.338 e. The van der Waals surface area contributed by atoms with Crippen LogP contribution in [0.25, 0.3) is 0 Å². The summed E-state index contributed by atoms with van der Waals surface area (Å²) in [5.41, 5.74) is -0.731. The van der Waals surface area contributed by atoms with Crippen molar-refractivity contribution in [3.8, 4) is 0 Å². The number of non-ortho nitro benzene ring substituents is 1. The highest BCUT2D eigenvalue weighted by atomic mass is 35.7. The average Bonchev–Trinajstić information content (AvgIpc) is 2.90. The predicted molar refractivity (Wildman–Crippen MR) is 73.8 cm³/mol. The lowest BCUT2D eigenvalue weighted by molar-refractivity contribution is -0.385. The molecule has 114 valence electrons. The first-order valence-corrected chi connectivity index (χ1v) is 8.53. The van der Waals surface area contributed by atoms with Gasteiger partial charge in [0.05, 0.1) is 15.4 Å². The number of benzene rings is 1. The molecule has 0 heterocycles. The number of hydrogen-bond donors (Lipinski definition) is 0. The number of carbonyl (C=O) groups is 1. The molecule has 1 aromatic rings. The molecule has 1 aliphatic carbocycles. The fourth-order valence-corrected chi connectivity index (χ4v) is 2.97. The maximum Gasteiger partial charge on any atom is 0.338 e. The normalized spacial score (nSPS) is 15.9. The van der Waals surface area contributed by atoms with Crippen molar-refractivity contribution < 1.29 is 22.9 Å². The predicted octanol–water partition coefficient (Wildman–Crippen LogP) is 2.62. The highest BCUT2D eigenvalue weighted by Crippen LogP contribution is 2.26. The number of carbonyl (C=O) groups excluding carboxylic acids is 1. The minimum atomic E-state index is -4.18. The van der Waals surface area contributed by atoms with Gasteiger partial charge in [-0.25, -0.2) is 13.2 Å². The Kier molecular flexibility index (Phi) is 4.48. The van der Waals surface area contributed by atoms with Crippen molar-refractivity contribution >= 4 is 31.4 Å². The van der Waals surface area contributed by atoms with Gasteiger partial charge in [-0.05, 0) is 31.7 Å². The van der Waals surface area contributed by atoms with Crippen LogP contribution in [-0.2, 0) is 13.8 Å². The van der Waals surface area contributed by atoms with Gasteiger partial charge in [-0.2, -0.15) is 0 Å². The number of rotatable bonds is 4. The Morgan fingerprint density at radius 1 is 1.29 bits per heavy atom. The van der Waals surface area contributed by atoms with E-state index in [0.29, 0.717) is 0 Å². The van der Waals surface area contributed by atoms with E-state index in [1.165, 1.54) is 0 Å². The van der Waals surface area contributed by atoms with E-state index in [9.17, 15) is 23.3 Å². The van der Waals surface area contributed by atoms with E-state index in [0.717, 1.165) is 43.9 Å². The van der Waals surface area contributed by atoms with Gasteiger partial charge in [-0.15, -0.1) is 0 Å². The van der Waals surface area contributed by atoms with Crippen molar-refractivity contribution in [3.05, 3.63) is 33.9 Å². The Labute approximate surface area is 125 Å². The molecule has 0 radical (unpaired) electrons. The minimum Gasteiger partial charge on any atom is -0.459 e. The van der Waals surface area contributed by atoms with E-state index in [4.69, 9.17) is 15.4 Å². The molecule has 2 rings (SSSR count). The number of nitro benzene ring substituents is 1. The second-order valence-electron chi connectivity index (χ2n) is 4.72. The molecule has 9 heteroatoms. The monoisotopic (exact) mass is 333 g/mol. The molecule has 0 aliphatic heterocycles. The van der Waals surface area contributed by atoms with Crippen molar-refractivity contribution in [2.45, 2.75) is 36.7 Å². The van der Waals surface area contributed by atoms with Gasteiger partial charge in [0, 0.05) is 22.8 Å². The van der Waals surface area contributed by atoms with Gasteiger partial charge >= 0.3 is 5.97 Å². The summed E-state index contributed by atoms with van der Waals surface area (Å²) in [5, 5.41) is 10.8. The van der Waals surface area contributed by atoms with E-state index in [-0.39, 0.29) is 11.7 Å². The van der Waals surface area contributed by atoms with Crippen molar-refractivity contribution in [2.75, 3.05) is 0 Å². The largest absolute Gasteiger partial charge is 0.459 e. The number of ether oxygens (including phenoxy) is 1. The van der Waals surface area contributed by atoms with Gasteiger partial charge in [0.2, 0.25) is 0 Å². The number of hydrogen-bond acceptors (Lipinski definition) is 6. The van der Waals surface area contributed by atoms with E-state index in [1.807, 2.05) is 0 Å². The zero-order valence-electron chi connectivity index (χ0n) is 10.8. The Balaban J connectivity index is 2.35. The second-order valence-corrected chi connectivity index (χ2v) is 7.29. The lowest BCUT2D eigenvalue weighted by Gasteiger charge is -2.11. The zero-order valence-corrected chi connectivity index (χ0v) is 12.4. The highest BCUT2D eigenvalue weighted by Gasteiger charge is 2.24. The van der Waals surface area contributed by atoms with Crippen LogP contribution in [0.15, 0.2) is 23.1 Å². The van der Waals surface area contributed by atoms with Crippen LogP contribution in [0.3, 0.4) is 0 Å². The molecule has 1 fully saturated rings. The quantitative estimate of drug-likeness (QED) is 0.363. The van der Waals surface area contributed by atoms with Crippen LogP contribution in [0.5, 0.6) is 0 Å². The molecular weight excluding hydrogens is 322 g/mol. The van der Waals surface area contributed by atoms with Gasteiger partial charge < -0.3 is 4.74 Å². The van der Waals surface area contributed by atoms with Gasteiger partial charge in [0.25, 0.3) is 14.7 Å². The Hall–Kier alpha value is -1.67.